The summed E-state index contributed by atoms with van der Waals surface area (Å²) in [6.45, 7) is 6.63. The second-order valence-corrected chi connectivity index (χ2v) is 7.14. The molecule has 2 atom stereocenters. The predicted molar refractivity (Wildman–Crippen MR) is 83.3 cm³/mol. The number of nitrogens with zero attached hydrogens (tertiary/aromatic N) is 2. The molecule has 0 bridgehead atoms. The molecular formula is C14H24N4O2S. The van der Waals surface area contributed by atoms with Gasteiger partial charge in [0.15, 0.2) is 0 Å². The normalized spacial score (nSPS) is 24.0. The van der Waals surface area contributed by atoms with E-state index in [0.717, 1.165) is 19.3 Å². The molecule has 1 aromatic rings. The number of nitrogens with one attached hydrogen (secondary N) is 2. The minimum Gasteiger partial charge on any atom is -0.369 e. The van der Waals surface area contributed by atoms with Crippen molar-refractivity contribution in [2.45, 2.75) is 57.0 Å². The van der Waals surface area contributed by atoms with E-state index in [1.165, 1.54) is 0 Å². The van der Waals surface area contributed by atoms with Crippen LogP contribution < -0.4 is 10.1 Å². The summed E-state index contributed by atoms with van der Waals surface area (Å²) in [7, 11) is -3.63. The van der Waals surface area contributed by atoms with Gasteiger partial charge in [0, 0.05) is 24.8 Å². The molecule has 2 N–H and O–H groups in total. The first kappa shape index (κ1) is 16.2. The van der Waals surface area contributed by atoms with E-state index in [4.69, 9.17) is 0 Å². The van der Waals surface area contributed by atoms with Crippen molar-refractivity contribution in [3.8, 4) is 0 Å². The van der Waals surface area contributed by atoms with Crippen LogP contribution in [0.2, 0.25) is 0 Å². The zero-order valence-electron chi connectivity index (χ0n) is 12.8. The highest BCUT2D eigenvalue weighted by Crippen LogP contribution is 2.23. The van der Waals surface area contributed by atoms with E-state index in [0.29, 0.717) is 12.4 Å². The maximum absolute atomic E-state index is 12.7. The van der Waals surface area contributed by atoms with Crippen molar-refractivity contribution < 1.29 is 8.42 Å². The molecule has 1 saturated heterocycles. The Hall–Kier alpha value is -1.18. The first-order valence-electron chi connectivity index (χ1n) is 7.45. The van der Waals surface area contributed by atoms with Gasteiger partial charge in [-0.1, -0.05) is 6.42 Å². The Bertz CT molecular complexity index is 566. The molecule has 2 rings (SSSR count). The van der Waals surface area contributed by atoms with Gasteiger partial charge in [-0.15, -0.1) is 4.83 Å². The molecular weight excluding hydrogens is 288 g/mol. The molecule has 2 unspecified atom stereocenters. The molecule has 0 radical (unpaired) electrons. The van der Waals surface area contributed by atoms with E-state index in [1.807, 2.05) is 25.8 Å². The number of aromatic nitrogens is 1. The van der Waals surface area contributed by atoms with Crippen LogP contribution in [0.25, 0.3) is 0 Å². The molecule has 2 heterocycles. The van der Waals surface area contributed by atoms with E-state index in [-0.39, 0.29) is 17.0 Å². The highest BCUT2D eigenvalue weighted by Gasteiger charge is 2.30. The molecule has 0 amide bonds. The Kier molecular flexibility index (Phi) is 5.18. The number of hydrogen-bond donors (Lipinski definition) is 2. The Morgan fingerprint density at radius 1 is 1.33 bits per heavy atom. The Balaban J connectivity index is 2.26. The molecule has 118 valence electrons. The minimum absolute atomic E-state index is 0.192. The first-order valence-corrected chi connectivity index (χ1v) is 8.93. The van der Waals surface area contributed by atoms with E-state index >= 15 is 0 Å². The zero-order valence-corrected chi connectivity index (χ0v) is 13.7. The van der Waals surface area contributed by atoms with Gasteiger partial charge in [0.1, 0.15) is 10.7 Å². The van der Waals surface area contributed by atoms with Crippen molar-refractivity contribution in [1.29, 1.82) is 0 Å². The monoisotopic (exact) mass is 312 g/mol. The predicted octanol–water partition coefficient (Wildman–Crippen LogP) is 1.97. The van der Waals surface area contributed by atoms with Crippen molar-refractivity contribution in [2.75, 3.05) is 11.9 Å². The third-order valence-corrected chi connectivity index (χ3v) is 5.18. The average molecular weight is 312 g/mol. The molecule has 0 aromatic carbocycles. The van der Waals surface area contributed by atoms with Gasteiger partial charge in [0.25, 0.3) is 10.0 Å². The molecule has 21 heavy (non-hydrogen) atoms. The fourth-order valence-electron chi connectivity index (χ4n) is 2.70. The first-order chi connectivity index (χ1) is 9.95. The summed E-state index contributed by atoms with van der Waals surface area (Å²) in [4.78, 5) is 7.04. The second kappa shape index (κ2) is 6.72. The number of piperidine rings is 1. The summed E-state index contributed by atoms with van der Waals surface area (Å²) >= 11 is 0. The van der Waals surface area contributed by atoms with Crippen LogP contribution in [0.15, 0.2) is 23.2 Å². The van der Waals surface area contributed by atoms with E-state index in [1.54, 1.807) is 18.3 Å². The van der Waals surface area contributed by atoms with Crippen LogP contribution in [-0.2, 0) is 10.0 Å². The average Bonchev–Trinajstić information content (AvgIpc) is 2.44. The van der Waals surface area contributed by atoms with Gasteiger partial charge in [0.05, 0.1) is 0 Å². The van der Waals surface area contributed by atoms with Crippen LogP contribution in [-0.4, -0.2) is 37.0 Å². The van der Waals surface area contributed by atoms with E-state index < -0.39 is 10.0 Å². The lowest BCUT2D eigenvalue weighted by molar-refractivity contribution is 0.0790. The van der Waals surface area contributed by atoms with Crippen molar-refractivity contribution in [3.05, 3.63) is 18.3 Å². The number of hydrazine groups is 1. The molecule has 1 aromatic heterocycles. The molecule has 0 spiro atoms. The van der Waals surface area contributed by atoms with Crippen LogP contribution in [0.1, 0.15) is 40.0 Å². The molecule has 1 aliphatic heterocycles. The maximum Gasteiger partial charge on any atom is 0.257 e. The summed E-state index contributed by atoms with van der Waals surface area (Å²) in [6, 6.07) is 3.61. The van der Waals surface area contributed by atoms with Crippen LogP contribution in [0.4, 0.5) is 5.82 Å². The SMILES string of the molecule is CCNc1ncccc1S(=O)(=O)NN1C(C)CCCC1C. The third-order valence-electron chi connectivity index (χ3n) is 3.82. The van der Waals surface area contributed by atoms with Gasteiger partial charge in [-0.05, 0) is 45.7 Å². The van der Waals surface area contributed by atoms with Gasteiger partial charge < -0.3 is 5.32 Å². The van der Waals surface area contributed by atoms with Crippen LogP contribution in [0, 0.1) is 0 Å². The van der Waals surface area contributed by atoms with Crippen molar-refractivity contribution in [1.82, 2.24) is 14.8 Å². The highest BCUT2D eigenvalue weighted by atomic mass is 32.2. The second-order valence-electron chi connectivity index (χ2n) is 5.51. The summed E-state index contributed by atoms with van der Waals surface area (Å²) < 4.78 is 25.3. The minimum atomic E-state index is -3.63. The fourth-order valence-corrected chi connectivity index (χ4v) is 4.07. The molecule has 0 saturated carbocycles. The summed E-state index contributed by atoms with van der Waals surface area (Å²) in [5, 5.41) is 4.84. The smallest absolute Gasteiger partial charge is 0.257 e. The van der Waals surface area contributed by atoms with Crippen LogP contribution in [0.5, 0.6) is 0 Å². The quantitative estimate of drug-likeness (QED) is 0.869. The number of hydrogen-bond acceptors (Lipinski definition) is 5. The highest BCUT2D eigenvalue weighted by molar-refractivity contribution is 7.89. The zero-order chi connectivity index (χ0) is 15.5. The standard InChI is InChI=1S/C14H24N4O2S/c1-4-15-14-13(9-6-10-16-14)21(19,20)17-18-11(2)7-5-8-12(18)3/h6,9-12,17H,4-5,7-8H2,1-3H3,(H,15,16). The Labute approximate surface area is 127 Å². The summed E-state index contributed by atoms with van der Waals surface area (Å²) in [6.07, 6.45) is 4.72. The molecule has 0 aliphatic carbocycles. The fraction of sp³-hybridized carbons (Fsp3) is 0.643. The largest absolute Gasteiger partial charge is 0.369 e. The topological polar surface area (TPSA) is 74.3 Å². The molecule has 1 fully saturated rings. The van der Waals surface area contributed by atoms with E-state index in [9.17, 15) is 8.42 Å². The molecule has 6 nitrogen and oxygen atoms in total. The van der Waals surface area contributed by atoms with Crippen LogP contribution >= 0.6 is 0 Å². The van der Waals surface area contributed by atoms with Gasteiger partial charge >= 0.3 is 0 Å². The van der Waals surface area contributed by atoms with Gasteiger partial charge in [-0.2, -0.15) is 0 Å². The number of sulfonamides is 1. The van der Waals surface area contributed by atoms with Crippen molar-refractivity contribution >= 4 is 15.8 Å². The molecule has 7 heteroatoms. The Morgan fingerprint density at radius 2 is 2.00 bits per heavy atom. The molecule has 1 aliphatic rings. The van der Waals surface area contributed by atoms with Gasteiger partial charge in [0.2, 0.25) is 0 Å². The number of pyridine rings is 1. The van der Waals surface area contributed by atoms with Crippen LogP contribution in [0.3, 0.4) is 0 Å². The lowest BCUT2D eigenvalue weighted by atomic mass is 10.0. The number of rotatable bonds is 5. The van der Waals surface area contributed by atoms with Crippen molar-refractivity contribution in [2.24, 2.45) is 0 Å². The maximum atomic E-state index is 12.7. The number of anilines is 1. The lowest BCUT2D eigenvalue weighted by Gasteiger charge is -2.38. The van der Waals surface area contributed by atoms with Gasteiger partial charge in [-0.25, -0.2) is 18.4 Å². The van der Waals surface area contributed by atoms with E-state index in [2.05, 4.69) is 15.1 Å². The third kappa shape index (κ3) is 3.72. The lowest BCUT2D eigenvalue weighted by Crippen LogP contribution is -2.54. The summed E-state index contributed by atoms with van der Waals surface area (Å²) in [5.74, 6) is 0.393. The van der Waals surface area contributed by atoms with Crippen molar-refractivity contribution in [3.63, 3.8) is 0 Å². The Morgan fingerprint density at radius 3 is 2.62 bits per heavy atom. The summed E-state index contributed by atoms with van der Waals surface area (Å²) in [5.41, 5.74) is 0. The van der Waals surface area contributed by atoms with Gasteiger partial charge in [-0.3, -0.25) is 0 Å².